The molecule has 1 saturated carbocycles. The quantitative estimate of drug-likeness (QED) is 0.909. The van der Waals surface area contributed by atoms with E-state index < -0.39 is 0 Å². The molecule has 1 heterocycles. The molecule has 0 saturated heterocycles. The normalized spacial score (nSPS) is 15.7. The number of hydrogen-bond acceptors (Lipinski definition) is 4. The number of carbonyl (C=O) groups is 1. The molecule has 1 N–H and O–H groups in total. The van der Waals surface area contributed by atoms with E-state index in [4.69, 9.17) is 4.74 Å². The summed E-state index contributed by atoms with van der Waals surface area (Å²) in [6.07, 6.45) is 3.41. The monoisotopic (exact) mass is 272 g/mol. The average molecular weight is 272 g/mol. The number of para-hydroxylation sites is 1. The van der Waals surface area contributed by atoms with E-state index in [-0.39, 0.29) is 11.4 Å². The van der Waals surface area contributed by atoms with Gasteiger partial charge < -0.3 is 10.1 Å². The first-order valence-electron chi connectivity index (χ1n) is 6.47. The SMILES string of the molecule is COc1ccccc1C1(NC(=O)c2cn(C)nn2)CC1. The van der Waals surface area contributed by atoms with Crippen LogP contribution in [0.3, 0.4) is 0 Å². The zero-order valence-electron chi connectivity index (χ0n) is 11.5. The van der Waals surface area contributed by atoms with Crippen LogP contribution in [0.1, 0.15) is 28.9 Å². The number of benzene rings is 1. The summed E-state index contributed by atoms with van der Waals surface area (Å²) in [5, 5.41) is 10.7. The number of ether oxygens (including phenoxy) is 1. The van der Waals surface area contributed by atoms with Crippen molar-refractivity contribution in [2.75, 3.05) is 7.11 Å². The molecule has 1 amide bonds. The number of aryl methyl sites for hydroxylation is 1. The lowest BCUT2D eigenvalue weighted by Gasteiger charge is -2.19. The molecule has 1 aliphatic carbocycles. The Kier molecular flexibility index (Phi) is 2.93. The third-order valence-corrected chi connectivity index (χ3v) is 3.56. The van der Waals surface area contributed by atoms with Crippen LogP contribution in [0.25, 0.3) is 0 Å². The van der Waals surface area contributed by atoms with E-state index >= 15 is 0 Å². The van der Waals surface area contributed by atoms with Crippen LogP contribution in [0.4, 0.5) is 0 Å². The molecule has 0 spiro atoms. The lowest BCUT2D eigenvalue weighted by Crippen LogP contribution is -2.35. The number of rotatable bonds is 4. The maximum Gasteiger partial charge on any atom is 0.274 e. The van der Waals surface area contributed by atoms with E-state index in [9.17, 15) is 4.79 Å². The standard InChI is InChI=1S/C14H16N4O2/c1-18-9-11(16-17-18)13(19)15-14(7-8-14)10-5-3-4-6-12(10)20-2/h3-6,9H,7-8H2,1-2H3,(H,15,19). The summed E-state index contributed by atoms with van der Waals surface area (Å²) in [4.78, 5) is 12.2. The molecule has 104 valence electrons. The number of nitrogens with one attached hydrogen (secondary N) is 1. The van der Waals surface area contributed by atoms with E-state index in [2.05, 4.69) is 15.6 Å². The minimum absolute atomic E-state index is 0.207. The second-order valence-corrected chi connectivity index (χ2v) is 5.01. The van der Waals surface area contributed by atoms with Crippen LogP contribution in [0.2, 0.25) is 0 Å². The fraction of sp³-hybridized carbons (Fsp3) is 0.357. The second kappa shape index (κ2) is 4.63. The van der Waals surface area contributed by atoms with Gasteiger partial charge in [0.1, 0.15) is 5.75 Å². The third-order valence-electron chi connectivity index (χ3n) is 3.56. The molecule has 0 unspecified atom stereocenters. The number of methoxy groups -OCH3 is 1. The summed E-state index contributed by atoms with van der Waals surface area (Å²) in [5.74, 6) is 0.589. The number of aromatic nitrogens is 3. The first kappa shape index (κ1) is 12.7. The van der Waals surface area contributed by atoms with Crippen LogP contribution in [0.15, 0.2) is 30.5 Å². The minimum Gasteiger partial charge on any atom is -0.496 e. The van der Waals surface area contributed by atoms with Crippen LogP contribution in [0, 0.1) is 0 Å². The molecule has 0 atom stereocenters. The van der Waals surface area contributed by atoms with Gasteiger partial charge in [0.25, 0.3) is 5.91 Å². The molecule has 0 radical (unpaired) electrons. The van der Waals surface area contributed by atoms with Crippen molar-refractivity contribution in [3.63, 3.8) is 0 Å². The Morgan fingerprint density at radius 3 is 2.75 bits per heavy atom. The van der Waals surface area contributed by atoms with Crippen LogP contribution < -0.4 is 10.1 Å². The molecule has 1 aromatic heterocycles. The van der Waals surface area contributed by atoms with Crippen LogP contribution in [-0.2, 0) is 12.6 Å². The molecule has 6 heteroatoms. The summed E-state index contributed by atoms with van der Waals surface area (Å²) in [6.45, 7) is 0. The first-order chi connectivity index (χ1) is 9.64. The van der Waals surface area contributed by atoms with Gasteiger partial charge in [-0.2, -0.15) is 0 Å². The van der Waals surface area contributed by atoms with Gasteiger partial charge in [-0.3, -0.25) is 9.48 Å². The van der Waals surface area contributed by atoms with E-state index in [1.54, 1.807) is 20.4 Å². The van der Waals surface area contributed by atoms with Gasteiger partial charge in [0.15, 0.2) is 5.69 Å². The summed E-state index contributed by atoms with van der Waals surface area (Å²) in [5.41, 5.74) is 1.01. The lowest BCUT2D eigenvalue weighted by molar-refractivity contribution is 0.0925. The largest absolute Gasteiger partial charge is 0.496 e. The van der Waals surface area contributed by atoms with Gasteiger partial charge in [0, 0.05) is 12.6 Å². The topological polar surface area (TPSA) is 69.0 Å². The highest BCUT2D eigenvalue weighted by Crippen LogP contribution is 2.48. The molecular formula is C14H16N4O2. The zero-order chi connectivity index (χ0) is 14.2. The highest BCUT2D eigenvalue weighted by atomic mass is 16.5. The van der Waals surface area contributed by atoms with Crippen molar-refractivity contribution in [1.29, 1.82) is 0 Å². The Morgan fingerprint density at radius 2 is 2.15 bits per heavy atom. The molecule has 20 heavy (non-hydrogen) atoms. The molecule has 6 nitrogen and oxygen atoms in total. The Hall–Kier alpha value is -2.37. The third kappa shape index (κ3) is 2.13. The zero-order valence-corrected chi connectivity index (χ0v) is 11.5. The summed E-state index contributed by atoms with van der Waals surface area (Å²) in [6, 6.07) is 7.77. The van der Waals surface area contributed by atoms with E-state index in [1.165, 1.54) is 4.68 Å². The number of nitrogens with zero attached hydrogens (tertiary/aromatic N) is 3. The Morgan fingerprint density at radius 1 is 1.40 bits per heavy atom. The average Bonchev–Trinajstić information content (AvgIpc) is 3.11. The van der Waals surface area contributed by atoms with Crippen molar-refractivity contribution < 1.29 is 9.53 Å². The predicted molar refractivity (Wildman–Crippen MR) is 72.4 cm³/mol. The molecule has 1 aliphatic rings. The Balaban J connectivity index is 1.84. The van der Waals surface area contributed by atoms with Gasteiger partial charge in [0.05, 0.1) is 18.8 Å². The van der Waals surface area contributed by atoms with Crippen molar-refractivity contribution in [3.8, 4) is 5.75 Å². The van der Waals surface area contributed by atoms with E-state index in [0.717, 1.165) is 24.2 Å². The fourth-order valence-corrected chi connectivity index (χ4v) is 2.36. The van der Waals surface area contributed by atoms with Crippen LogP contribution in [0.5, 0.6) is 5.75 Å². The van der Waals surface area contributed by atoms with Crippen LogP contribution in [-0.4, -0.2) is 28.0 Å². The Bertz CT molecular complexity index is 646. The van der Waals surface area contributed by atoms with Gasteiger partial charge in [-0.05, 0) is 18.9 Å². The van der Waals surface area contributed by atoms with Gasteiger partial charge >= 0.3 is 0 Å². The van der Waals surface area contributed by atoms with Gasteiger partial charge in [-0.15, -0.1) is 5.10 Å². The van der Waals surface area contributed by atoms with Crippen molar-refractivity contribution in [1.82, 2.24) is 20.3 Å². The van der Waals surface area contributed by atoms with E-state index in [1.807, 2.05) is 24.3 Å². The molecule has 0 bridgehead atoms. The summed E-state index contributed by atoms with van der Waals surface area (Å²) >= 11 is 0. The summed E-state index contributed by atoms with van der Waals surface area (Å²) in [7, 11) is 3.37. The number of hydrogen-bond donors (Lipinski definition) is 1. The lowest BCUT2D eigenvalue weighted by atomic mass is 10.0. The minimum atomic E-state index is -0.332. The number of amides is 1. The van der Waals surface area contributed by atoms with Gasteiger partial charge in [-0.25, -0.2) is 0 Å². The molecule has 2 aromatic rings. The van der Waals surface area contributed by atoms with Gasteiger partial charge in [0.2, 0.25) is 0 Å². The second-order valence-electron chi connectivity index (χ2n) is 5.01. The molecule has 3 rings (SSSR count). The van der Waals surface area contributed by atoms with E-state index in [0.29, 0.717) is 5.69 Å². The van der Waals surface area contributed by atoms with Crippen molar-refractivity contribution in [3.05, 3.63) is 41.7 Å². The predicted octanol–water partition coefficient (Wildman–Crippen LogP) is 1.24. The highest BCUT2D eigenvalue weighted by molar-refractivity contribution is 5.92. The molecular weight excluding hydrogens is 256 g/mol. The molecule has 0 aliphatic heterocycles. The Labute approximate surface area is 116 Å². The molecule has 1 aromatic carbocycles. The maximum absolute atomic E-state index is 12.2. The van der Waals surface area contributed by atoms with Crippen molar-refractivity contribution in [2.45, 2.75) is 18.4 Å². The van der Waals surface area contributed by atoms with Gasteiger partial charge in [-0.1, -0.05) is 23.4 Å². The number of carbonyl (C=O) groups excluding carboxylic acids is 1. The van der Waals surface area contributed by atoms with Crippen molar-refractivity contribution in [2.24, 2.45) is 7.05 Å². The fourth-order valence-electron chi connectivity index (χ4n) is 2.36. The maximum atomic E-state index is 12.2. The smallest absolute Gasteiger partial charge is 0.274 e. The summed E-state index contributed by atoms with van der Waals surface area (Å²) < 4.78 is 6.89. The molecule has 1 fully saturated rings. The first-order valence-corrected chi connectivity index (χ1v) is 6.47. The highest BCUT2D eigenvalue weighted by Gasteiger charge is 2.47. The van der Waals surface area contributed by atoms with Crippen LogP contribution >= 0.6 is 0 Å². The van der Waals surface area contributed by atoms with Crippen molar-refractivity contribution >= 4 is 5.91 Å².